The van der Waals surface area contributed by atoms with E-state index in [0.717, 1.165) is 50.5 Å². The molecule has 1 aliphatic carbocycles. The summed E-state index contributed by atoms with van der Waals surface area (Å²) in [6.07, 6.45) is 11.4. The van der Waals surface area contributed by atoms with Crippen LogP contribution in [0.2, 0.25) is 0 Å². The highest BCUT2D eigenvalue weighted by Gasteiger charge is 2.58. The Morgan fingerprint density at radius 3 is 2.58 bits per heavy atom. The second kappa shape index (κ2) is 17.1. The number of halogens is 1. The van der Waals surface area contributed by atoms with Crippen LogP contribution in [0, 0.1) is 0 Å². The fourth-order valence-corrected chi connectivity index (χ4v) is 11.9. The molecule has 4 fully saturated rings. The summed E-state index contributed by atoms with van der Waals surface area (Å²) in [5, 5.41) is 6.14. The highest BCUT2D eigenvalue weighted by atomic mass is 32.1. The van der Waals surface area contributed by atoms with Crippen LogP contribution >= 0.6 is 18.9 Å². The molecule has 0 radical (unpaired) electrons. The Hall–Kier alpha value is -4.65. The quantitative estimate of drug-likeness (QED) is 0.101. The number of amides is 3. The number of thiophene rings is 1. The average Bonchev–Trinajstić information content (AvgIpc) is 3.53. The lowest BCUT2D eigenvalue weighted by atomic mass is 9.97. The monoisotopic (exact) mass is 843 g/mol. The summed E-state index contributed by atoms with van der Waals surface area (Å²) in [6.45, 7) is 4.07. The first kappa shape index (κ1) is 41.1. The first-order valence-corrected chi connectivity index (χ1v) is 23.3. The number of carbonyl (C=O) groups excluding carboxylic acids is 4. The molecular formula is C44H51FN5O7PS. The number of nitrogens with zero attached hydrogens (tertiary/aromatic N) is 3. The van der Waals surface area contributed by atoms with Crippen LogP contribution in [0.3, 0.4) is 0 Å². The third kappa shape index (κ3) is 8.54. The van der Waals surface area contributed by atoms with Gasteiger partial charge in [0, 0.05) is 41.1 Å². The van der Waals surface area contributed by atoms with Gasteiger partial charge >= 0.3 is 13.5 Å². The summed E-state index contributed by atoms with van der Waals surface area (Å²) in [5.74, 6) is -3.13. The minimum atomic E-state index is -4.44. The zero-order valence-corrected chi connectivity index (χ0v) is 35.1. The van der Waals surface area contributed by atoms with E-state index in [-0.39, 0.29) is 47.2 Å². The maximum atomic E-state index is 16.5. The van der Waals surface area contributed by atoms with Crippen molar-refractivity contribution in [3.63, 3.8) is 0 Å². The zero-order valence-electron chi connectivity index (χ0n) is 33.4. The van der Waals surface area contributed by atoms with Crippen LogP contribution in [-0.4, -0.2) is 81.3 Å². The van der Waals surface area contributed by atoms with Crippen molar-refractivity contribution in [3.05, 3.63) is 95.1 Å². The number of rotatable bonds is 13. The van der Waals surface area contributed by atoms with Crippen LogP contribution in [0.15, 0.2) is 79.1 Å². The van der Waals surface area contributed by atoms with Gasteiger partial charge in [-0.15, -0.1) is 11.3 Å². The second-order valence-corrected chi connectivity index (χ2v) is 19.6. The number of pyridine rings is 1. The topological polar surface area (TPSA) is 147 Å². The molecule has 1 spiro atoms. The van der Waals surface area contributed by atoms with E-state index in [1.807, 2.05) is 19.2 Å². The standard InChI is InChI=1S/C44H51FN5O7PS/c1-3-22-56-43(54)28(2)48-58(55,57-34-12-5-4-6-13-34)39(45)29-15-18-37-31(23-29)24-38(59-37)40(51)47-35-14-8-7-11-33-16-17-36(50(33)41(35)52)42(53)49-27-32(25-44(49)19-20-44)30-10-9-21-46-26-30/h4-6,9-10,12-13,15,18,21,23-24,26,28,32-33,35-36,39H,3,7-8,11,14,16-17,19-20,22,25,27H2,1-2H3,(H,47,51)(H,48,55)/t28-,32-,33-,35-,36-,39?,58?/m0/s1. The van der Waals surface area contributed by atoms with E-state index >= 15 is 4.39 Å². The Labute approximate surface area is 347 Å². The lowest BCUT2D eigenvalue weighted by molar-refractivity contribution is -0.148. The lowest BCUT2D eigenvalue weighted by Gasteiger charge is -2.37. The maximum Gasteiger partial charge on any atom is 0.355 e. The van der Waals surface area contributed by atoms with Gasteiger partial charge in [0.1, 0.15) is 23.9 Å². The molecule has 12 nitrogen and oxygen atoms in total. The van der Waals surface area contributed by atoms with Gasteiger partial charge in [0.25, 0.3) is 5.91 Å². The van der Waals surface area contributed by atoms with Crippen LogP contribution in [-0.2, 0) is 23.7 Å². The number of fused-ring (bicyclic) bond motifs is 2. The van der Waals surface area contributed by atoms with Gasteiger partial charge in [-0.3, -0.25) is 28.7 Å². The number of benzene rings is 2. The van der Waals surface area contributed by atoms with Gasteiger partial charge in [-0.25, -0.2) is 9.48 Å². The van der Waals surface area contributed by atoms with Gasteiger partial charge in [0.15, 0.2) is 0 Å². The Morgan fingerprint density at radius 2 is 1.83 bits per heavy atom. The fourth-order valence-electron chi connectivity index (χ4n) is 9.09. The van der Waals surface area contributed by atoms with E-state index in [4.69, 9.17) is 9.26 Å². The van der Waals surface area contributed by atoms with Crippen molar-refractivity contribution in [2.75, 3.05) is 13.2 Å². The van der Waals surface area contributed by atoms with Crippen molar-refractivity contribution in [2.45, 2.75) is 120 Å². The van der Waals surface area contributed by atoms with E-state index in [9.17, 15) is 23.7 Å². The number of carbonyl (C=O) groups is 4. The molecule has 4 aliphatic rings. The predicted octanol–water partition coefficient (Wildman–Crippen LogP) is 8.05. The number of ether oxygens (including phenoxy) is 1. The van der Waals surface area contributed by atoms with Gasteiger partial charge in [0.05, 0.1) is 11.5 Å². The summed E-state index contributed by atoms with van der Waals surface area (Å²) in [5.41, 5.74) is 1.02. The molecule has 2 aromatic carbocycles. The summed E-state index contributed by atoms with van der Waals surface area (Å²) in [4.78, 5) is 63.9. The summed E-state index contributed by atoms with van der Waals surface area (Å²) < 4.78 is 42.5. The molecule has 8 rings (SSSR count). The first-order valence-electron chi connectivity index (χ1n) is 20.8. The number of aromatic nitrogens is 1. The van der Waals surface area contributed by atoms with Gasteiger partial charge in [0.2, 0.25) is 17.7 Å². The Balaban J connectivity index is 0.980. The lowest BCUT2D eigenvalue weighted by Crippen LogP contribution is -2.57. The van der Waals surface area contributed by atoms with E-state index in [2.05, 4.69) is 26.4 Å². The molecule has 3 saturated heterocycles. The molecular weight excluding hydrogens is 793 g/mol. The van der Waals surface area contributed by atoms with Crippen LogP contribution in [0.1, 0.15) is 111 Å². The van der Waals surface area contributed by atoms with Gasteiger partial charge < -0.3 is 24.4 Å². The molecule has 312 valence electrons. The maximum absolute atomic E-state index is 16.5. The molecule has 3 amide bonds. The molecule has 7 atom stereocenters. The largest absolute Gasteiger partial charge is 0.465 e. The number of hydrogen-bond acceptors (Lipinski definition) is 9. The second-order valence-electron chi connectivity index (χ2n) is 16.4. The van der Waals surface area contributed by atoms with Crippen molar-refractivity contribution < 1.29 is 37.4 Å². The van der Waals surface area contributed by atoms with Gasteiger partial charge in [-0.2, -0.15) is 0 Å². The van der Waals surface area contributed by atoms with Crippen molar-refractivity contribution in [1.82, 2.24) is 25.2 Å². The summed E-state index contributed by atoms with van der Waals surface area (Å²) >= 11 is 1.20. The predicted molar refractivity (Wildman–Crippen MR) is 223 cm³/mol. The third-order valence-electron chi connectivity index (χ3n) is 12.3. The normalized spacial score (nSPS) is 24.4. The fraction of sp³-hybridized carbons (Fsp3) is 0.477. The van der Waals surface area contributed by atoms with Crippen LogP contribution < -0.4 is 14.9 Å². The molecule has 59 heavy (non-hydrogen) atoms. The third-order valence-corrected chi connectivity index (χ3v) is 15.5. The number of alkyl halides is 1. The van der Waals surface area contributed by atoms with Gasteiger partial charge in [-0.1, -0.05) is 50.1 Å². The molecule has 15 heteroatoms. The molecule has 5 heterocycles. The molecule has 1 saturated carbocycles. The Morgan fingerprint density at radius 1 is 1.03 bits per heavy atom. The highest BCUT2D eigenvalue weighted by Crippen LogP contribution is 2.58. The van der Waals surface area contributed by atoms with Crippen LogP contribution in [0.5, 0.6) is 5.75 Å². The van der Waals surface area contributed by atoms with Crippen molar-refractivity contribution in [1.29, 1.82) is 0 Å². The molecule has 3 aliphatic heterocycles. The van der Waals surface area contributed by atoms with Crippen LogP contribution in [0.4, 0.5) is 4.39 Å². The summed E-state index contributed by atoms with van der Waals surface area (Å²) in [6, 6.07) is 15.9. The number of likely N-dealkylation sites (tertiary alicyclic amines) is 1. The number of esters is 1. The zero-order chi connectivity index (χ0) is 41.3. The number of nitrogens with one attached hydrogen (secondary N) is 2. The van der Waals surface area contributed by atoms with Crippen LogP contribution in [0.25, 0.3) is 10.1 Å². The van der Waals surface area contributed by atoms with Crippen molar-refractivity contribution >= 4 is 52.6 Å². The summed E-state index contributed by atoms with van der Waals surface area (Å²) in [7, 11) is -4.44. The van der Waals surface area contributed by atoms with E-state index in [1.165, 1.54) is 30.4 Å². The van der Waals surface area contributed by atoms with E-state index in [0.29, 0.717) is 40.8 Å². The number of hydrogen-bond donors (Lipinski definition) is 2. The molecule has 4 aromatic rings. The minimum absolute atomic E-state index is 0.0154. The van der Waals surface area contributed by atoms with E-state index < -0.39 is 43.4 Å². The SMILES string of the molecule is CCCOC(=O)[C@H](C)NP(=O)(Oc1ccccc1)C(F)c1ccc2sc(C(=O)N[C@H]3CCCC[C@H]4CC[C@@H](C(=O)N5C[C@@H](c6cccnc6)CC56CC6)N4C3=O)cc2c1. The molecule has 2 aromatic heterocycles. The first-order chi connectivity index (χ1) is 28.5. The average molecular weight is 844 g/mol. The van der Waals surface area contributed by atoms with Gasteiger partial charge in [-0.05, 0) is 111 Å². The molecule has 0 bridgehead atoms. The Kier molecular flexibility index (Phi) is 11.9. The number of para-hydroxylation sites is 1. The molecule has 2 N–H and O–H groups in total. The van der Waals surface area contributed by atoms with E-state index in [1.54, 1.807) is 53.6 Å². The molecule has 2 unspecified atom stereocenters. The highest BCUT2D eigenvalue weighted by molar-refractivity contribution is 7.57. The van der Waals surface area contributed by atoms with Crippen molar-refractivity contribution in [3.8, 4) is 5.75 Å². The minimum Gasteiger partial charge on any atom is -0.465 e. The van der Waals surface area contributed by atoms with Crippen molar-refractivity contribution in [2.24, 2.45) is 0 Å². The Bertz CT molecular complexity index is 2240. The smallest absolute Gasteiger partial charge is 0.355 e.